The van der Waals surface area contributed by atoms with Crippen LogP contribution >= 0.6 is 0 Å². The highest BCUT2D eigenvalue weighted by atomic mass is 16.5. The molecule has 0 N–H and O–H groups in total. The van der Waals surface area contributed by atoms with E-state index in [1.165, 1.54) is 81.0 Å². The van der Waals surface area contributed by atoms with Gasteiger partial charge in [0.1, 0.15) is 0 Å². The van der Waals surface area contributed by atoms with Gasteiger partial charge in [0.05, 0.1) is 36.2 Å². The molecule has 0 unspecified atom stereocenters. The van der Waals surface area contributed by atoms with E-state index in [1.54, 1.807) is 0 Å². The number of carbonyl (C=O) groups excluding carboxylic acids is 2. The lowest BCUT2D eigenvalue weighted by Gasteiger charge is -2.64. The molecule has 4 atom stereocenters. The van der Waals surface area contributed by atoms with Crippen molar-refractivity contribution >= 4 is 11.9 Å². The first-order valence-electron chi connectivity index (χ1n) is 17.2. The maximum absolute atomic E-state index is 13.4. The van der Waals surface area contributed by atoms with Crippen LogP contribution < -0.4 is 0 Å². The van der Waals surface area contributed by atoms with E-state index in [9.17, 15) is 9.59 Å². The molecule has 0 spiro atoms. The third-order valence-electron chi connectivity index (χ3n) is 12.1. The summed E-state index contributed by atoms with van der Waals surface area (Å²) in [5.41, 5.74) is 16.3. The zero-order valence-corrected chi connectivity index (χ0v) is 28.3. The van der Waals surface area contributed by atoms with E-state index in [1.807, 2.05) is 12.1 Å². The van der Waals surface area contributed by atoms with Crippen LogP contribution in [-0.4, -0.2) is 26.2 Å². The number of esters is 2. The van der Waals surface area contributed by atoms with Crippen LogP contribution in [0.2, 0.25) is 0 Å². The standard InChI is InChI=1S/C46H34O4/c1-25-13-19-37-33(21-25)41-29-9-5-7-11-35(29)45(37,39-23-27(43(47)49-3)15-17-31(39)41)46-36-12-8-6-10-30(36)42(34-22-26(2)14-20-38(34)46)32-18-16-28(24-40(32)46)44(48)50-4/h5-24,41-42H,1-4H3/t41-,42-,45+,46+/m1/s1. The number of hydrogen-bond acceptors (Lipinski definition) is 4. The van der Waals surface area contributed by atoms with Crippen LogP contribution in [0.5, 0.6) is 0 Å². The van der Waals surface area contributed by atoms with Gasteiger partial charge in [0.25, 0.3) is 0 Å². The molecule has 12 rings (SSSR count). The number of benzene rings is 6. The Morgan fingerprint density at radius 2 is 0.820 bits per heavy atom. The van der Waals surface area contributed by atoms with Crippen LogP contribution in [0.4, 0.5) is 0 Å². The van der Waals surface area contributed by atoms with Crippen molar-refractivity contribution in [1.29, 1.82) is 0 Å². The van der Waals surface area contributed by atoms with Crippen LogP contribution in [0.3, 0.4) is 0 Å². The summed E-state index contributed by atoms with van der Waals surface area (Å²) in [5.74, 6) is -0.739. The fourth-order valence-electron chi connectivity index (χ4n) is 10.5. The first-order valence-corrected chi connectivity index (χ1v) is 17.2. The van der Waals surface area contributed by atoms with Gasteiger partial charge in [-0.1, -0.05) is 108 Å². The van der Waals surface area contributed by atoms with Crippen LogP contribution in [-0.2, 0) is 20.3 Å². The molecule has 50 heavy (non-hydrogen) atoms. The Hall–Kier alpha value is -5.74. The lowest BCUT2D eigenvalue weighted by atomic mass is 9.36. The number of aryl methyl sites for hydroxylation is 2. The monoisotopic (exact) mass is 650 g/mol. The minimum Gasteiger partial charge on any atom is -0.465 e. The maximum atomic E-state index is 13.4. The molecule has 6 aliphatic rings. The lowest BCUT2D eigenvalue weighted by molar-refractivity contribution is 0.0591. The van der Waals surface area contributed by atoms with E-state index in [2.05, 4.69) is 123 Å². The predicted molar refractivity (Wildman–Crippen MR) is 192 cm³/mol. The number of ether oxygens (including phenoxy) is 2. The van der Waals surface area contributed by atoms with Gasteiger partial charge in [-0.05, 0) is 105 Å². The summed E-state index contributed by atoms with van der Waals surface area (Å²) in [6.45, 7) is 4.33. The minimum atomic E-state index is -0.851. The first-order chi connectivity index (χ1) is 24.4. The van der Waals surface area contributed by atoms with Gasteiger partial charge in [-0.3, -0.25) is 0 Å². The van der Waals surface area contributed by atoms with Crippen molar-refractivity contribution in [2.45, 2.75) is 36.5 Å². The highest BCUT2D eigenvalue weighted by molar-refractivity contribution is 5.93. The second-order valence-corrected chi connectivity index (χ2v) is 14.3. The Morgan fingerprint density at radius 1 is 0.440 bits per heavy atom. The van der Waals surface area contributed by atoms with E-state index in [4.69, 9.17) is 9.47 Å². The second kappa shape index (κ2) is 9.92. The summed E-state index contributed by atoms with van der Waals surface area (Å²) in [4.78, 5) is 26.8. The molecule has 6 aromatic rings. The van der Waals surface area contributed by atoms with Crippen molar-refractivity contribution < 1.29 is 19.1 Å². The van der Waals surface area contributed by atoms with Crippen molar-refractivity contribution in [2.24, 2.45) is 0 Å². The molecule has 242 valence electrons. The fourth-order valence-corrected chi connectivity index (χ4v) is 10.5. The molecule has 0 fully saturated rings. The summed E-state index contributed by atoms with van der Waals surface area (Å²) >= 11 is 0. The molecular formula is C46H34O4. The van der Waals surface area contributed by atoms with Gasteiger partial charge in [-0.15, -0.1) is 0 Å². The second-order valence-electron chi connectivity index (χ2n) is 14.3. The molecule has 0 aliphatic heterocycles. The minimum absolute atomic E-state index is 0.00499. The molecule has 0 saturated heterocycles. The largest absolute Gasteiger partial charge is 0.465 e. The van der Waals surface area contributed by atoms with Gasteiger partial charge in [0, 0.05) is 11.8 Å². The summed E-state index contributed by atoms with van der Waals surface area (Å²) in [7, 11) is 2.88. The quantitative estimate of drug-likeness (QED) is 0.180. The third kappa shape index (κ3) is 3.23. The molecule has 0 heterocycles. The van der Waals surface area contributed by atoms with E-state index in [0.29, 0.717) is 11.1 Å². The van der Waals surface area contributed by atoms with Gasteiger partial charge in [-0.2, -0.15) is 0 Å². The van der Waals surface area contributed by atoms with Gasteiger partial charge in [0.15, 0.2) is 0 Å². The topological polar surface area (TPSA) is 52.6 Å². The third-order valence-corrected chi connectivity index (χ3v) is 12.1. The van der Waals surface area contributed by atoms with E-state index < -0.39 is 10.8 Å². The Labute approximate surface area is 291 Å². The number of hydrogen-bond donors (Lipinski definition) is 0. The normalized spacial score (nSPS) is 22.3. The molecule has 0 saturated carbocycles. The molecule has 4 nitrogen and oxygen atoms in total. The lowest BCUT2D eigenvalue weighted by Crippen LogP contribution is -2.61. The van der Waals surface area contributed by atoms with Crippen LogP contribution in [0.25, 0.3) is 0 Å². The molecule has 0 amide bonds. The Balaban J connectivity index is 1.51. The smallest absolute Gasteiger partial charge is 0.337 e. The van der Waals surface area contributed by atoms with Gasteiger partial charge in [0.2, 0.25) is 0 Å². The summed E-state index contributed by atoms with van der Waals surface area (Å²) in [6, 6.07) is 44.0. The molecule has 4 heteroatoms. The van der Waals surface area contributed by atoms with E-state index in [0.717, 1.165) is 11.1 Å². The maximum Gasteiger partial charge on any atom is 0.337 e. The summed E-state index contributed by atoms with van der Waals surface area (Å²) in [5, 5.41) is 0. The average molecular weight is 651 g/mol. The highest BCUT2D eigenvalue weighted by Crippen LogP contribution is 2.73. The SMILES string of the molecule is COC(=O)c1ccc2c(c1)[C@]1([C@@]34c5ccccc5[C@@H](c5cc(C)ccc53)c3ccc(C(=O)OC)cc34)c3ccccc3[C@H]2c2cc(C)ccc21. The van der Waals surface area contributed by atoms with Gasteiger partial charge in [-0.25, -0.2) is 9.59 Å². The molecule has 4 bridgehead atoms. The van der Waals surface area contributed by atoms with Crippen molar-refractivity contribution in [3.63, 3.8) is 0 Å². The molecular weight excluding hydrogens is 617 g/mol. The van der Waals surface area contributed by atoms with Crippen molar-refractivity contribution in [2.75, 3.05) is 14.2 Å². The van der Waals surface area contributed by atoms with Crippen LogP contribution in [0, 0.1) is 13.8 Å². The number of rotatable bonds is 3. The number of methoxy groups -OCH3 is 2. The predicted octanol–water partition coefficient (Wildman–Crippen LogP) is 8.86. The van der Waals surface area contributed by atoms with Crippen molar-refractivity contribution in [3.8, 4) is 0 Å². The molecule has 6 aromatic carbocycles. The van der Waals surface area contributed by atoms with E-state index in [-0.39, 0.29) is 23.8 Å². The zero-order chi connectivity index (χ0) is 34.1. The molecule has 0 radical (unpaired) electrons. The van der Waals surface area contributed by atoms with Gasteiger partial charge < -0.3 is 9.47 Å². The Kier molecular flexibility index (Phi) is 5.79. The van der Waals surface area contributed by atoms with Crippen molar-refractivity contribution in [3.05, 3.63) is 210 Å². The zero-order valence-electron chi connectivity index (χ0n) is 28.3. The van der Waals surface area contributed by atoms with Gasteiger partial charge >= 0.3 is 11.9 Å². The fraction of sp³-hybridized carbons (Fsp3) is 0.174. The molecule has 6 aliphatic carbocycles. The number of carbonyl (C=O) groups is 2. The van der Waals surface area contributed by atoms with Crippen LogP contribution in [0.15, 0.2) is 121 Å². The average Bonchev–Trinajstić information content (AvgIpc) is 3.16. The molecule has 0 aromatic heterocycles. The van der Waals surface area contributed by atoms with Crippen LogP contribution in [0.1, 0.15) is 110 Å². The Bertz CT molecular complexity index is 2330. The van der Waals surface area contributed by atoms with E-state index >= 15 is 0 Å². The summed E-state index contributed by atoms with van der Waals surface area (Å²) < 4.78 is 10.7. The Morgan fingerprint density at radius 3 is 1.24 bits per heavy atom. The summed E-state index contributed by atoms with van der Waals surface area (Å²) in [6.07, 6.45) is 0. The van der Waals surface area contributed by atoms with Crippen molar-refractivity contribution in [1.82, 2.24) is 0 Å². The first kappa shape index (κ1) is 29.2. The highest BCUT2D eigenvalue weighted by Gasteiger charge is 2.68.